The van der Waals surface area contributed by atoms with Gasteiger partial charge in [-0.05, 0) is 72.9 Å². The molecule has 0 radical (unpaired) electrons. The van der Waals surface area contributed by atoms with Gasteiger partial charge in [-0.1, -0.05) is 98.7 Å². The van der Waals surface area contributed by atoms with E-state index in [1.54, 1.807) is 41.5 Å². The number of alkyl carbamates (subject to hydrolysis) is 1. The molecule has 49 heavy (non-hydrogen) atoms. The highest BCUT2D eigenvalue weighted by molar-refractivity contribution is 7.80. The van der Waals surface area contributed by atoms with Crippen LogP contribution in [0.3, 0.4) is 0 Å². The average Bonchev–Trinajstić information content (AvgIpc) is 2.98. The first-order chi connectivity index (χ1) is 22.9. The van der Waals surface area contributed by atoms with E-state index in [4.69, 9.17) is 9.47 Å². The van der Waals surface area contributed by atoms with Gasteiger partial charge in [0, 0.05) is 18.7 Å². The molecule has 0 fully saturated rings. The summed E-state index contributed by atoms with van der Waals surface area (Å²) >= 11 is 4.42. The Hall–Kier alpha value is -3.53. The fourth-order valence-electron chi connectivity index (χ4n) is 5.57. The first-order valence-corrected chi connectivity index (χ1v) is 18.1. The van der Waals surface area contributed by atoms with Gasteiger partial charge in [-0.15, -0.1) is 0 Å². The molecule has 3 unspecified atom stereocenters. The predicted octanol–water partition coefficient (Wildman–Crippen LogP) is 7.43. The standard InChI is InChI=1S/C39H59N3O6S/c1-10-11-12-13-14-18-21-42(35(44)32(26-49)41-37(46)48-39(7,8)9)33(30-23-27(2)22-28(3)24-30)34(43)40-31(36(45)47-38(4,5)6)25-29-19-16-15-17-20-29/h15-17,19-20,22-24,31-33,49H,10-14,18,21,25-26H2,1-9H3,(H,40,43)(H,41,46). The molecule has 0 saturated heterocycles. The van der Waals surface area contributed by atoms with Crippen LogP contribution in [0.1, 0.15) is 115 Å². The first kappa shape index (κ1) is 41.6. The lowest BCUT2D eigenvalue weighted by atomic mass is 9.97. The second-order valence-electron chi connectivity index (χ2n) is 14.8. The second kappa shape index (κ2) is 19.6. The lowest BCUT2D eigenvalue weighted by Crippen LogP contribution is -2.55. The quantitative estimate of drug-likeness (QED) is 0.0901. The molecule has 0 saturated carbocycles. The summed E-state index contributed by atoms with van der Waals surface area (Å²) in [5.41, 5.74) is 1.74. The van der Waals surface area contributed by atoms with E-state index in [1.165, 1.54) is 4.90 Å². The maximum absolute atomic E-state index is 14.6. The number of hydrogen-bond acceptors (Lipinski definition) is 7. The van der Waals surface area contributed by atoms with E-state index in [2.05, 4.69) is 30.2 Å². The third kappa shape index (κ3) is 15.3. The lowest BCUT2D eigenvalue weighted by molar-refractivity contribution is -0.159. The molecule has 2 N–H and O–H groups in total. The Labute approximate surface area is 299 Å². The Morgan fingerprint density at radius 1 is 0.776 bits per heavy atom. The Morgan fingerprint density at radius 3 is 1.90 bits per heavy atom. The zero-order valence-corrected chi connectivity index (χ0v) is 32.0. The summed E-state index contributed by atoms with van der Waals surface area (Å²) in [5, 5.41) is 5.64. The number of unbranched alkanes of at least 4 members (excludes halogenated alkanes) is 5. The fourth-order valence-corrected chi connectivity index (χ4v) is 5.82. The minimum absolute atomic E-state index is 0.0131. The van der Waals surface area contributed by atoms with Gasteiger partial charge in [-0.3, -0.25) is 9.59 Å². The molecule has 0 spiro atoms. The summed E-state index contributed by atoms with van der Waals surface area (Å²) in [6.07, 6.45) is 5.29. The van der Waals surface area contributed by atoms with E-state index in [1.807, 2.05) is 62.4 Å². The van der Waals surface area contributed by atoms with Crippen molar-refractivity contribution in [2.75, 3.05) is 12.3 Å². The molecule has 0 aromatic heterocycles. The second-order valence-corrected chi connectivity index (χ2v) is 15.2. The van der Waals surface area contributed by atoms with Crippen molar-refractivity contribution in [1.82, 2.24) is 15.5 Å². The highest BCUT2D eigenvalue weighted by atomic mass is 32.1. The molecule has 2 aromatic carbocycles. The molecule has 3 atom stereocenters. The summed E-state index contributed by atoms with van der Waals surface area (Å²) in [7, 11) is 0. The van der Waals surface area contributed by atoms with Crippen molar-refractivity contribution in [2.24, 2.45) is 0 Å². The molecule has 10 heteroatoms. The van der Waals surface area contributed by atoms with Gasteiger partial charge in [0.1, 0.15) is 29.3 Å². The summed E-state index contributed by atoms with van der Waals surface area (Å²) < 4.78 is 11.2. The van der Waals surface area contributed by atoms with Crippen molar-refractivity contribution in [3.05, 3.63) is 70.8 Å². The number of esters is 1. The minimum Gasteiger partial charge on any atom is -0.458 e. The first-order valence-electron chi connectivity index (χ1n) is 17.5. The third-order valence-corrected chi connectivity index (χ3v) is 7.98. The summed E-state index contributed by atoms with van der Waals surface area (Å²) in [5.74, 6) is -1.57. The van der Waals surface area contributed by atoms with Gasteiger partial charge in [0.15, 0.2) is 0 Å². The van der Waals surface area contributed by atoms with Crippen LogP contribution < -0.4 is 10.6 Å². The monoisotopic (exact) mass is 697 g/mol. The van der Waals surface area contributed by atoms with Crippen molar-refractivity contribution in [3.63, 3.8) is 0 Å². The highest BCUT2D eigenvalue weighted by Gasteiger charge is 2.38. The number of rotatable bonds is 17. The van der Waals surface area contributed by atoms with E-state index < -0.39 is 53.2 Å². The van der Waals surface area contributed by atoms with Gasteiger partial charge in [-0.2, -0.15) is 12.6 Å². The topological polar surface area (TPSA) is 114 Å². The SMILES string of the molecule is CCCCCCCCN(C(=O)C(CS)NC(=O)OC(C)(C)C)C(C(=O)NC(Cc1ccccc1)C(=O)OC(C)(C)C)c1cc(C)cc(C)c1. The number of thiol groups is 1. The fraction of sp³-hybridized carbons (Fsp3) is 0.590. The van der Waals surface area contributed by atoms with E-state index in [9.17, 15) is 19.2 Å². The zero-order valence-electron chi connectivity index (χ0n) is 31.1. The van der Waals surface area contributed by atoms with E-state index in [0.717, 1.165) is 48.8 Å². The van der Waals surface area contributed by atoms with Gasteiger partial charge in [-0.25, -0.2) is 9.59 Å². The van der Waals surface area contributed by atoms with Crippen molar-refractivity contribution in [2.45, 2.75) is 137 Å². The van der Waals surface area contributed by atoms with Crippen LogP contribution in [0.4, 0.5) is 4.79 Å². The number of aryl methyl sites for hydroxylation is 2. The predicted molar refractivity (Wildman–Crippen MR) is 199 cm³/mol. The number of nitrogens with zero attached hydrogens (tertiary/aromatic N) is 1. The molecule has 0 aliphatic rings. The average molecular weight is 698 g/mol. The van der Waals surface area contributed by atoms with Crippen molar-refractivity contribution >= 4 is 36.5 Å². The van der Waals surface area contributed by atoms with Crippen LogP contribution in [0.2, 0.25) is 0 Å². The van der Waals surface area contributed by atoms with E-state index in [0.29, 0.717) is 12.0 Å². The third-order valence-electron chi connectivity index (χ3n) is 7.62. The molecule has 0 aliphatic heterocycles. The maximum atomic E-state index is 14.6. The molecule has 272 valence electrons. The number of benzene rings is 2. The molecule has 0 bridgehead atoms. The number of amides is 3. The van der Waals surface area contributed by atoms with Gasteiger partial charge in [0.25, 0.3) is 0 Å². The van der Waals surface area contributed by atoms with Gasteiger partial charge >= 0.3 is 12.1 Å². The normalized spacial score (nSPS) is 13.5. The molecule has 3 amide bonds. The molecule has 9 nitrogen and oxygen atoms in total. The molecule has 2 rings (SSSR count). The summed E-state index contributed by atoms with van der Waals surface area (Å²) in [6.45, 7) is 16.8. The van der Waals surface area contributed by atoms with Crippen LogP contribution in [0.25, 0.3) is 0 Å². The van der Waals surface area contributed by atoms with Crippen molar-refractivity contribution in [3.8, 4) is 0 Å². The zero-order chi connectivity index (χ0) is 36.8. The summed E-state index contributed by atoms with van der Waals surface area (Å²) in [4.78, 5) is 57.0. The van der Waals surface area contributed by atoms with Crippen LogP contribution in [-0.2, 0) is 30.3 Å². The number of nitrogens with one attached hydrogen (secondary N) is 2. The van der Waals surface area contributed by atoms with Gasteiger partial charge in [0.05, 0.1) is 0 Å². The smallest absolute Gasteiger partial charge is 0.408 e. The van der Waals surface area contributed by atoms with Gasteiger partial charge in [0.2, 0.25) is 11.8 Å². The molecular formula is C39H59N3O6S. The summed E-state index contributed by atoms with van der Waals surface area (Å²) in [6, 6.07) is 12.0. The number of hydrogen-bond donors (Lipinski definition) is 3. The van der Waals surface area contributed by atoms with Crippen LogP contribution in [0, 0.1) is 13.8 Å². The van der Waals surface area contributed by atoms with Gasteiger partial charge < -0.3 is 25.0 Å². The Bertz CT molecular complexity index is 1350. The lowest BCUT2D eigenvalue weighted by Gasteiger charge is -2.35. The van der Waals surface area contributed by atoms with Crippen molar-refractivity contribution in [1.29, 1.82) is 0 Å². The molecule has 0 aliphatic carbocycles. The van der Waals surface area contributed by atoms with Crippen LogP contribution in [0.5, 0.6) is 0 Å². The molecular weight excluding hydrogens is 639 g/mol. The van der Waals surface area contributed by atoms with Crippen LogP contribution in [0.15, 0.2) is 48.5 Å². The van der Waals surface area contributed by atoms with Crippen LogP contribution >= 0.6 is 12.6 Å². The number of ether oxygens (including phenoxy) is 2. The largest absolute Gasteiger partial charge is 0.458 e. The molecule has 2 aromatic rings. The minimum atomic E-state index is -1.11. The van der Waals surface area contributed by atoms with E-state index >= 15 is 0 Å². The maximum Gasteiger partial charge on any atom is 0.408 e. The Balaban J connectivity index is 2.61. The Kier molecular flexibility index (Phi) is 16.7. The Morgan fingerprint density at radius 2 is 1.35 bits per heavy atom. The highest BCUT2D eigenvalue weighted by Crippen LogP contribution is 2.27. The number of carbonyl (C=O) groups is 4. The molecule has 0 heterocycles. The number of carbonyl (C=O) groups excluding carboxylic acids is 4. The van der Waals surface area contributed by atoms with Crippen molar-refractivity contribution < 1.29 is 28.7 Å². The van der Waals surface area contributed by atoms with Crippen LogP contribution in [-0.4, -0.2) is 64.4 Å². The van der Waals surface area contributed by atoms with E-state index in [-0.39, 0.29) is 18.7 Å².